The fourth-order valence-corrected chi connectivity index (χ4v) is 12.2. The van der Waals surface area contributed by atoms with Gasteiger partial charge < -0.3 is 14.7 Å². The van der Waals surface area contributed by atoms with Gasteiger partial charge in [0.1, 0.15) is 0 Å². The summed E-state index contributed by atoms with van der Waals surface area (Å²) in [5, 5.41) is 10.2. The highest BCUT2D eigenvalue weighted by atomic mass is 15.3. The molecule has 13 rings (SSSR count). The van der Waals surface area contributed by atoms with Crippen LogP contribution >= 0.6 is 0 Å². The molecule has 0 fully saturated rings. The summed E-state index contributed by atoms with van der Waals surface area (Å²) in [7, 11) is 0. The summed E-state index contributed by atoms with van der Waals surface area (Å²) >= 11 is 0. The fraction of sp³-hybridized carbons (Fsp3) is 0.121. The third kappa shape index (κ3) is 6.19. The van der Waals surface area contributed by atoms with Crippen molar-refractivity contribution in [3.63, 3.8) is 0 Å². The van der Waals surface area contributed by atoms with Crippen molar-refractivity contribution in [2.24, 2.45) is 0 Å². The molecule has 0 N–H and O–H groups in total. The van der Waals surface area contributed by atoms with Crippen molar-refractivity contribution < 1.29 is 0 Å². The molecule has 2 heterocycles. The van der Waals surface area contributed by atoms with E-state index in [1.165, 1.54) is 99.8 Å². The Morgan fingerprint density at radius 1 is 0.522 bits per heavy atom. The molecule has 0 saturated carbocycles. The van der Waals surface area contributed by atoms with Crippen LogP contribution in [0.2, 0.25) is 0 Å². The first-order chi connectivity index (χ1) is 33.8. The van der Waals surface area contributed by atoms with E-state index in [4.69, 9.17) is 0 Å². The van der Waals surface area contributed by atoms with Crippen molar-refractivity contribution in [2.45, 2.75) is 46.0 Å². The van der Waals surface area contributed by atoms with Gasteiger partial charge >= 0.3 is 0 Å². The molecule has 0 spiro atoms. The van der Waals surface area contributed by atoms with Gasteiger partial charge in [-0.2, -0.15) is 0 Å². The molecule has 1 aliphatic carbocycles. The minimum atomic E-state index is -0.120. The lowest BCUT2D eigenvalue weighted by molar-refractivity contribution is 0.659. The zero-order valence-electron chi connectivity index (χ0n) is 39.7. The molecule has 0 radical (unpaired) electrons. The van der Waals surface area contributed by atoms with Crippen LogP contribution in [0.5, 0.6) is 0 Å². The topological polar surface area (TPSA) is 9.72 Å². The first-order valence-corrected chi connectivity index (χ1v) is 24.5. The molecule has 0 aromatic heterocycles. The lowest BCUT2D eigenvalue weighted by Crippen LogP contribution is -2.31. The molecular weight excluding hydrogens is 835 g/mol. The van der Waals surface area contributed by atoms with Gasteiger partial charge in [-0.3, -0.25) is 0 Å². The van der Waals surface area contributed by atoms with Crippen molar-refractivity contribution in [1.29, 1.82) is 0 Å². The van der Waals surface area contributed by atoms with Gasteiger partial charge in [0, 0.05) is 34.4 Å². The molecule has 0 amide bonds. The largest absolute Gasteiger partial charge is 0.341 e. The second-order valence-electron chi connectivity index (χ2n) is 19.7. The summed E-state index contributed by atoms with van der Waals surface area (Å²) in [5.74, 6) is 0. The van der Waals surface area contributed by atoms with Crippen LogP contribution in [0.25, 0.3) is 66.4 Å². The second kappa shape index (κ2) is 15.7. The highest BCUT2D eigenvalue weighted by Crippen LogP contribution is 2.53. The summed E-state index contributed by atoms with van der Waals surface area (Å²) < 4.78 is 0. The maximum absolute atomic E-state index is 4.62. The Hall–Kier alpha value is -8.14. The van der Waals surface area contributed by atoms with E-state index < -0.39 is 0 Å². The number of nitrogens with zero attached hydrogens (tertiary/aromatic N) is 3. The van der Waals surface area contributed by atoms with Crippen LogP contribution in [-0.4, -0.2) is 6.54 Å². The Kier molecular flexibility index (Phi) is 9.36. The van der Waals surface area contributed by atoms with Crippen molar-refractivity contribution in [2.75, 3.05) is 21.2 Å². The number of hydrogen-bond acceptors (Lipinski definition) is 3. The maximum Gasteiger partial charge on any atom is 0.0726 e. The van der Waals surface area contributed by atoms with E-state index in [0.29, 0.717) is 0 Å². The summed E-state index contributed by atoms with van der Waals surface area (Å²) in [5.41, 5.74) is 19.6. The van der Waals surface area contributed by atoms with E-state index in [1.54, 1.807) is 0 Å². The quantitative estimate of drug-likeness (QED) is 0.0897. The van der Waals surface area contributed by atoms with Crippen LogP contribution in [-0.2, 0) is 11.8 Å². The first-order valence-electron chi connectivity index (χ1n) is 24.5. The van der Waals surface area contributed by atoms with Crippen molar-refractivity contribution in [3.05, 3.63) is 239 Å². The summed E-state index contributed by atoms with van der Waals surface area (Å²) in [6.07, 6.45) is 11.3. The van der Waals surface area contributed by atoms with Crippen LogP contribution < -0.4 is 14.7 Å². The molecule has 2 aliphatic heterocycles. The van der Waals surface area contributed by atoms with Crippen LogP contribution in [0.1, 0.15) is 61.9 Å². The summed E-state index contributed by atoms with van der Waals surface area (Å²) in [6.45, 7) is 14.7. The van der Waals surface area contributed by atoms with Crippen LogP contribution in [0.15, 0.2) is 212 Å². The van der Waals surface area contributed by atoms with E-state index >= 15 is 0 Å². The predicted molar refractivity (Wildman–Crippen MR) is 296 cm³/mol. The second-order valence-corrected chi connectivity index (χ2v) is 19.7. The summed E-state index contributed by atoms with van der Waals surface area (Å²) in [6, 6.07) is 65.7. The molecule has 0 saturated heterocycles. The van der Waals surface area contributed by atoms with Gasteiger partial charge in [0.15, 0.2) is 0 Å². The Bertz CT molecular complexity index is 3830. The summed E-state index contributed by atoms with van der Waals surface area (Å²) in [4.78, 5) is 7.35. The smallest absolute Gasteiger partial charge is 0.0726 e. The fourth-order valence-electron chi connectivity index (χ4n) is 12.2. The van der Waals surface area contributed by atoms with Gasteiger partial charge in [0.25, 0.3) is 0 Å². The molecule has 10 aromatic carbocycles. The monoisotopic (exact) mass is 887 g/mol. The molecule has 3 aliphatic rings. The molecular formula is C66H53N3. The third-order valence-electron chi connectivity index (χ3n) is 15.3. The van der Waals surface area contributed by atoms with E-state index in [2.05, 4.69) is 249 Å². The number of rotatable bonds is 7. The highest BCUT2D eigenvalue weighted by molar-refractivity contribution is 6.35. The zero-order valence-corrected chi connectivity index (χ0v) is 39.7. The molecule has 69 heavy (non-hydrogen) atoms. The molecule has 3 nitrogen and oxygen atoms in total. The highest BCUT2D eigenvalue weighted by Gasteiger charge is 2.37. The molecule has 0 bridgehead atoms. The van der Waals surface area contributed by atoms with E-state index in [9.17, 15) is 0 Å². The van der Waals surface area contributed by atoms with Crippen LogP contribution in [0, 0.1) is 0 Å². The van der Waals surface area contributed by atoms with Crippen molar-refractivity contribution in [3.8, 4) is 11.1 Å². The van der Waals surface area contributed by atoms with E-state index in [0.717, 1.165) is 52.7 Å². The minimum absolute atomic E-state index is 0.120. The SMILES string of the molecule is C=C(C)C1=C(C=CC)N(c2ccccc2)c2ccccc2N1c1ccc2c3cccc4c(C=Cc5ccc6c(c5)C(C)(C)c5cc(N7CCCc8ccccc87)ccc5-6)ccc(c5cccc1c52)c43. The number of hydrogen-bond donors (Lipinski definition) is 0. The van der Waals surface area contributed by atoms with Crippen molar-refractivity contribution >= 4 is 89.4 Å². The number of benzene rings is 10. The predicted octanol–water partition coefficient (Wildman–Crippen LogP) is 18.0. The van der Waals surface area contributed by atoms with Gasteiger partial charge in [-0.05, 0) is 164 Å². The lowest BCUT2D eigenvalue weighted by Gasteiger charge is -2.42. The Morgan fingerprint density at radius 3 is 1.90 bits per heavy atom. The Balaban J connectivity index is 0.897. The molecule has 3 heteroatoms. The standard InChI is InChI=1S/C66H53N3/c1-6-17-62-65(42(2)3)69(61-28-13-12-27-60(61)68(62)46-20-8-7-9-21-46)59-38-37-54-51-23-14-22-48-44(32-35-53(63(48)51)52-24-15-25-55(59)64(52)54)31-29-43-30-34-49-50-36-33-47(41-57(50)66(4,5)56(49)40-43)67-39-16-19-45-18-10-11-26-58(45)67/h6-15,17-18,20-38,40-41H,2,16,19,39H2,1,3-5H3. The molecule has 10 aromatic rings. The third-order valence-corrected chi connectivity index (χ3v) is 15.3. The average molecular weight is 888 g/mol. The van der Waals surface area contributed by atoms with Crippen molar-refractivity contribution in [1.82, 2.24) is 0 Å². The number of anilines is 6. The first kappa shape index (κ1) is 41.1. The maximum atomic E-state index is 4.62. The van der Waals surface area contributed by atoms with Crippen LogP contribution in [0.4, 0.5) is 34.1 Å². The van der Waals surface area contributed by atoms with Crippen LogP contribution in [0.3, 0.4) is 0 Å². The van der Waals surface area contributed by atoms with E-state index in [-0.39, 0.29) is 5.41 Å². The zero-order chi connectivity index (χ0) is 46.5. The van der Waals surface area contributed by atoms with Gasteiger partial charge in [0.2, 0.25) is 0 Å². The van der Waals surface area contributed by atoms with Gasteiger partial charge in [0.05, 0.1) is 28.5 Å². The van der Waals surface area contributed by atoms with Gasteiger partial charge in [-0.25, -0.2) is 0 Å². The minimum Gasteiger partial charge on any atom is -0.341 e. The Morgan fingerprint density at radius 2 is 1.14 bits per heavy atom. The normalized spacial score (nSPS) is 15.3. The molecule has 332 valence electrons. The van der Waals surface area contributed by atoms with E-state index in [1.807, 2.05) is 0 Å². The lowest BCUT2D eigenvalue weighted by atomic mass is 9.81. The molecule has 0 atom stereocenters. The van der Waals surface area contributed by atoms with Gasteiger partial charge in [-0.15, -0.1) is 0 Å². The average Bonchev–Trinajstić information content (AvgIpc) is 3.61. The number of aryl methyl sites for hydroxylation is 1. The molecule has 0 unspecified atom stereocenters. The number of para-hydroxylation sites is 4. The Labute approximate surface area is 405 Å². The number of allylic oxidation sites excluding steroid dienone is 3. The number of fused-ring (bicyclic) bond motifs is 7. The van der Waals surface area contributed by atoms with Gasteiger partial charge in [-0.1, -0.05) is 166 Å².